The van der Waals surface area contributed by atoms with Crippen LogP contribution in [0.25, 0.3) is 0 Å². The molecule has 1 fully saturated rings. The molecule has 0 saturated heterocycles. The van der Waals surface area contributed by atoms with Crippen molar-refractivity contribution in [3.05, 3.63) is 30.1 Å². The molecule has 0 aliphatic heterocycles. The van der Waals surface area contributed by atoms with Gasteiger partial charge in [0, 0.05) is 19.2 Å². The van der Waals surface area contributed by atoms with E-state index in [9.17, 15) is 9.59 Å². The Morgan fingerprint density at radius 2 is 2.04 bits per heavy atom. The molecule has 1 aliphatic rings. The first kappa shape index (κ1) is 18.4. The van der Waals surface area contributed by atoms with Gasteiger partial charge in [-0.2, -0.15) is 0 Å². The number of esters is 1. The number of carbonyl (C=O) groups excluding carboxylic acids is 2. The van der Waals surface area contributed by atoms with Crippen LogP contribution < -0.4 is 0 Å². The molecular weight excluding hydrogens is 304 g/mol. The van der Waals surface area contributed by atoms with Gasteiger partial charge in [-0.3, -0.25) is 14.6 Å². The molecule has 132 valence electrons. The monoisotopic (exact) mass is 332 g/mol. The first-order valence-corrected chi connectivity index (χ1v) is 9.02. The van der Waals surface area contributed by atoms with Crippen LogP contribution in [0, 0.1) is 5.92 Å². The molecule has 0 aromatic carbocycles. The van der Waals surface area contributed by atoms with Crippen molar-refractivity contribution in [2.24, 2.45) is 5.92 Å². The second kappa shape index (κ2) is 10.1. The van der Waals surface area contributed by atoms with E-state index >= 15 is 0 Å². The quantitative estimate of drug-likeness (QED) is 0.685. The molecule has 0 spiro atoms. The average Bonchev–Trinajstić information content (AvgIpc) is 2.60. The third kappa shape index (κ3) is 6.30. The van der Waals surface area contributed by atoms with Crippen molar-refractivity contribution in [3.8, 4) is 0 Å². The van der Waals surface area contributed by atoms with E-state index in [2.05, 4.69) is 4.98 Å². The fourth-order valence-corrected chi connectivity index (χ4v) is 3.21. The molecule has 5 nitrogen and oxygen atoms in total. The maximum atomic E-state index is 12.7. The molecule has 1 aromatic heterocycles. The van der Waals surface area contributed by atoms with E-state index in [-0.39, 0.29) is 18.3 Å². The lowest BCUT2D eigenvalue weighted by Gasteiger charge is -2.26. The number of hydrogen-bond donors (Lipinski definition) is 0. The van der Waals surface area contributed by atoms with Gasteiger partial charge in [0.1, 0.15) is 0 Å². The highest BCUT2D eigenvalue weighted by Crippen LogP contribution is 2.27. The number of nitrogens with zero attached hydrogens (tertiary/aromatic N) is 2. The number of amides is 1. The van der Waals surface area contributed by atoms with Crippen LogP contribution in [-0.2, 0) is 20.9 Å². The molecule has 1 saturated carbocycles. The lowest BCUT2D eigenvalue weighted by Crippen LogP contribution is -2.34. The summed E-state index contributed by atoms with van der Waals surface area (Å²) in [5, 5.41) is 0. The standard InChI is InChI=1S/C19H28N2O3/c1-2-24-19(23)11-13-21(15-17-10-6-7-12-20-17)18(22)14-16-8-4-3-5-9-16/h6-7,10,12,16H,2-5,8-9,11,13-15H2,1H3. The van der Waals surface area contributed by atoms with E-state index in [0.29, 0.717) is 32.0 Å². The number of pyridine rings is 1. The molecule has 0 bridgehead atoms. The minimum Gasteiger partial charge on any atom is -0.466 e. The molecule has 2 rings (SSSR count). The molecule has 0 radical (unpaired) electrons. The number of rotatable bonds is 8. The zero-order valence-corrected chi connectivity index (χ0v) is 14.6. The Balaban J connectivity index is 1.94. The van der Waals surface area contributed by atoms with Crippen LogP contribution in [0.4, 0.5) is 0 Å². The van der Waals surface area contributed by atoms with Gasteiger partial charge in [-0.1, -0.05) is 25.3 Å². The van der Waals surface area contributed by atoms with E-state index in [1.54, 1.807) is 18.0 Å². The summed E-state index contributed by atoms with van der Waals surface area (Å²) in [5.74, 6) is 0.353. The molecule has 0 unspecified atom stereocenters. The van der Waals surface area contributed by atoms with Gasteiger partial charge in [0.2, 0.25) is 5.91 Å². The molecule has 1 aromatic rings. The highest BCUT2D eigenvalue weighted by atomic mass is 16.5. The average molecular weight is 332 g/mol. The molecule has 0 atom stereocenters. The number of hydrogen-bond acceptors (Lipinski definition) is 4. The molecular formula is C19H28N2O3. The molecule has 24 heavy (non-hydrogen) atoms. The van der Waals surface area contributed by atoms with Crippen LogP contribution in [0.3, 0.4) is 0 Å². The summed E-state index contributed by atoms with van der Waals surface area (Å²) in [4.78, 5) is 30.4. The SMILES string of the molecule is CCOC(=O)CCN(Cc1ccccn1)C(=O)CC1CCCCC1. The summed E-state index contributed by atoms with van der Waals surface area (Å²) in [6.07, 6.45) is 8.55. The minimum absolute atomic E-state index is 0.122. The van der Waals surface area contributed by atoms with E-state index in [1.807, 2.05) is 18.2 Å². The van der Waals surface area contributed by atoms with Crippen molar-refractivity contribution in [3.63, 3.8) is 0 Å². The number of aromatic nitrogens is 1. The van der Waals surface area contributed by atoms with Gasteiger partial charge in [-0.15, -0.1) is 0 Å². The summed E-state index contributed by atoms with van der Waals surface area (Å²) >= 11 is 0. The number of carbonyl (C=O) groups is 2. The van der Waals surface area contributed by atoms with Crippen LogP contribution in [0.2, 0.25) is 0 Å². The second-order valence-corrected chi connectivity index (χ2v) is 6.40. The lowest BCUT2D eigenvalue weighted by atomic mass is 9.86. The third-order valence-electron chi connectivity index (χ3n) is 4.51. The van der Waals surface area contributed by atoms with Gasteiger partial charge < -0.3 is 9.64 Å². The van der Waals surface area contributed by atoms with Gasteiger partial charge in [-0.05, 0) is 37.8 Å². The molecule has 1 aliphatic carbocycles. The van der Waals surface area contributed by atoms with Gasteiger partial charge >= 0.3 is 5.97 Å². The Hall–Kier alpha value is -1.91. The first-order chi connectivity index (χ1) is 11.7. The normalized spacial score (nSPS) is 15.0. The maximum absolute atomic E-state index is 12.7. The second-order valence-electron chi connectivity index (χ2n) is 6.40. The predicted octanol–water partition coefficient (Wildman–Crippen LogP) is 3.33. The van der Waals surface area contributed by atoms with Crippen molar-refractivity contribution in [1.29, 1.82) is 0 Å². The van der Waals surface area contributed by atoms with Crippen LogP contribution >= 0.6 is 0 Å². The molecule has 1 amide bonds. The third-order valence-corrected chi connectivity index (χ3v) is 4.51. The van der Waals surface area contributed by atoms with Crippen LogP contribution in [-0.4, -0.2) is 34.9 Å². The maximum Gasteiger partial charge on any atom is 0.307 e. The zero-order valence-electron chi connectivity index (χ0n) is 14.6. The van der Waals surface area contributed by atoms with Crippen molar-refractivity contribution in [1.82, 2.24) is 9.88 Å². The minimum atomic E-state index is -0.256. The number of ether oxygens (including phenoxy) is 1. The Bertz CT molecular complexity index is 513. The largest absolute Gasteiger partial charge is 0.466 e. The molecule has 1 heterocycles. The van der Waals surface area contributed by atoms with Gasteiger partial charge in [-0.25, -0.2) is 0 Å². The van der Waals surface area contributed by atoms with Gasteiger partial charge in [0.05, 0.1) is 25.3 Å². The van der Waals surface area contributed by atoms with Gasteiger partial charge in [0.15, 0.2) is 0 Å². The lowest BCUT2D eigenvalue weighted by molar-refractivity contribution is -0.144. The topological polar surface area (TPSA) is 59.5 Å². The first-order valence-electron chi connectivity index (χ1n) is 9.02. The highest BCUT2D eigenvalue weighted by molar-refractivity contribution is 5.77. The fourth-order valence-electron chi connectivity index (χ4n) is 3.21. The Kier molecular flexibility index (Phi) is 7.72. The van der Waals surface area contributed by atoms with Crippen LogP contribution in [0.5, 0.6) is 0 Å². The van der Waals surface area contributed by atoms with Crippen LogP contribution in [0.15, 0.2) is 24.4 Å². The summed E-state index contributed by atoms with van der Waals surface area (Å²) in [7, 11) is 0. The Morgan fingerprint density at radius 3 is 2.71 bits per heavy atom. The van der Waals surface area contributed by atoms with Crippen LogP contribution in [0.1, 0.15) is 57.6 Å². The Labute approximate surface area is 144 Å². The summed E-state index contributed by atoms with van der Waals surface area (Å²) in [6.45, 7) is 3.00. The highest BCUT2D eigenvalue weighted by Gasteiger charge is 2.22. The van der Waals surface area contributed by atoms with Crippen molar-refractivity contribution in [2.75, 3.05) is 13.2 Å². The summed E-state index contributed by atoms with van der Waals surface area (Å²) in [5.41, 5.74) is 0.846. The smallest absolute Gasteiger partial charge is 0.307 e. The van der Waals surface area contributed by atoms with Crippen molar-refractivity contribution in [2.45, 2.75) is 58.4 Å². The zero-order chi connectivity index (χ0) is 17.2. The Morgan fingerprint density at radius 1 is 1.25 bits per heavy atom. The fraction of sp³-hybridized carbons (Fsp3) is 0.632. The summed E-state index contributed by atoms with van der Waals surface area (Å²) in [6, 6.07) is 5.68. The predicted molar refractivity (Wildman–Crippen MR) is 92.1 cm³/mol. The molecule has 5 heteroatoms. The van der Waals surface area contributed by atoms with E-state index in [1.165, 1.54) is 19.3 Å². The summed E-state index contributed by atoms with van der Waals surface area (Å²) < 4.78 is 4.98. The van der Waals surface area contributed by atoms with Crippen molar-refractivity contribution >= 4 is 11.9 Å². The van der Waals surface area contributed by atoms with E-state index < -0.39 is 0 Å². The molecule has 0 N–H and O–H groups in total. The van der Waals surface area contributed by atoms with Crippen molar-refractivity contribution < 1.29 is 14.3 Å². The van der Waals surface area contributed by atoms with E-state index in [0.717, 1.165) is 18.5 Å². The van der Waals surface area contributed by atoms with E-state index in [4.69, 9.17) is 4.74 Å². The van der Waals surface area contributed by atoms with Gasteiger partial charge in [0.25, 0.3) is 0 Å².